The Balaban J connectivity index is 1.70. The van der Waals surface area contributed by atoms with E-state index in [1.165, 1.54) is 18.2 Å². The Morgan fingerprint density at radius 1 is 1.05 bits per heavy atom. The topological polar surface area (TPSA) is 42.5 Å². The highest BCUT2D eigenvalue weighted by atomic mass is 35.5. The van der Waals surface area contributed by atoms with E-state index in [2.05, 4.69) is 10.6 Å². The molecule has 0 saturated carbocycles. The number of thiocarbonyl (C=S) groups is 1. The lowest BCUT2D eigenvalue weighted by molar-refractivity contribution is 0.171. The van der Waals surface area contributed by atoms with Crippen molar-refractivity contribution in [2.45, 2.75) is 0 Å². The fourth-order valence-corrected chi connectivity index (χ4v) is 2.40. The fraction of sp³-hybridized carbons (Fsp3) is 0.133. The summed E-state index contributed by atoms with van der Waals surface area (Å²) in [6.07, 6.45) is 0. The second-order valence-corrected chi connectivity index (χ2v) is 5.41. The number of halogens is 2. The summed E-state index contributed by atoms with van der Waals surface area (Å²) in [4.78, 5) is 0. The Labute approximate surface area is 137 Å². The summed E-state index contributed by atoms with van der Waals surface area (Å²) in [5.41, 5.74) is 0.923. The molecule has 2 aromatic carbocycles. The minimum atomic E-state index is -0.435. The molecule has 0 radical (unpaired) electrons. The first kappa shape index (κ1) is 14.9. The minimum Gasteiger partial charge on any atom is -0.486 e. The first-order valence-electron chi connectivity index (χ1n) is 6.54. The molecule has 1 aliphatic rings. The Hall–Kier alpha value is -2.05. The summed E-state index contributed by atoms with van der Waals surface area (Å²) in [6.45, 7) is 1.04. The molecule has 114 valence electrons. The van der Waals surface area contributed by atoms with Crippen LogP contribution in [-0.4, -0.2) is 18.3 Å². The molecule has 0 bridgehead atoms. The second kappa shape index (κ2) is 6.37. The van der Waals surface area contributed by atoms with Gasteiger partial charge in [0.25, 0.3) is 0 Å². The molecule has 0 unspecified atom stereocenters. The maximum atomic E-state index is 13.6. The number of anilines is 2. The third-order valence-corrected chi connectivity index (χ3v) is 3.42. The van der Waals surface area contributed by atoms with Crippen LogP contribution >= 0.6 is 23.8 Å². The zero-order chi connectivity index (χ0) is 15.5. The minimum absolute atomic E-state index is 0.211. The normalized spacial score (nSPS) is 12.6. The number of fused-ring (bicyclic) bond motifs is 1. The van der Waals surface area contributed by atoms with Crippen molar-refractivity contribution in [3.8, 4) is 11.5 Å². The predicted octanol–water partition coefficient (Wildman–Crippen LogP) is 4.06. The number of benzene rings is 2. The van der Waals surface area contributed by atoms with Crippen LogP contribution in [0.1, 0.15) is 0 Å². The molecule has 0 aliphatic carbocycles. The Bertz CT molecular complexity index is 727. The van der Waals surface area contributed by atoms with Gasteiger partial charge in [0, 0.05) is 16.8 Å². The van der Waals surface area contributed by atoms with Crippen molar-refractivity contribution < 1.29 is 13.9 Å². The molecule has 22 heavy (non-hydrogen) atoms. The summed E-state index contributed by atoms with van der Waals surface area (Å²) in [7, 11) is 0. The van der Waals surface area contributed by atoms with Crippen LogP contribution in [0.2, 0.25) is 5.02 Å². The van der Waals surface area contributed by atoms with E-state index in [1.807, 2.05) is 0 Å². The quantitative estimate of drug-likeness (QED) is 0.808. The average molecular weight is 339 g/mol. The number of hydrogen-bond acceptors (Lipinski definition) is 3. The molecule has 0 fully saturated rings. The van der Waals surface area contributed by atoms with E-state index in [-0.39, 0.29) is 10.8 Å². The van der Waals surface area contributed by atoms with Gasteiger partial charge in [-0.2, -0.15) is 0 Å². The first-order chi connectivity index (χ1) is 10.6. The van der Waals surface area contributed by atoms with E-state index in [4.69, 9.17) is 33.3 Å². The Morgan fingerprint density at radius 2 is 1.82 bits per heavy atom. The first-order valence-corrected chi connectivity index (χ1v) is 7.33. The van der Waals surface area contributed by atoms with Gasteiger partial charge in [-0.3, -0.25) is 0 Å². The molecule has 1 heterocycles. The van der Waals surface area contributed by atoms with Crippen molar-refractivity contribution >= 4 is 40.3 Å². The molecule has 2 N–H and O–H groups in total. The van der Waals surface area contributed by atoms with Crippen molar-refractivity contribution in [1.82, 2.24) is 0 Å². The number of nitrogens with one attached hydrogen (secondary N) is 2. The van der Waals surface area contributed by atoms with Gasteiger partial charge in [-0.25, -0.2) is 4.39 Å². The van der Waals surface area contributed by atoms with Crippen LogP contribution in [0, 0.1) is 5.82 Å². The summed E-state index contributed by atoms with van der Waals surface area (Å²) in [5, 5.41) is 6.40. The van der Waals surface area contributed by atoms with Crippen molar-refractivity contribution in [3.63, 3.8) is 0 Å². The maximum absolute atomic E-state index is 13.6. The molecular weight excluding hydrogens is 327 g/mol. The molecular formula is C15H12ClFN2O2S. The van der Waals surface area contributed by atoms with E-state index in [0.29, 0.717) is 35.4 Å². The average Bonchev–Trinajstić information content (AvgIpc) is 2.51. The molecule has 0 amide bonds. The lowest BCUT2D eigenvalue weighted by atomic mass is 10.2. The third kappa shape index (κ3) is 3.40. The molecule has 3 rings (SSSR count). The molecule has 0 saturated heterocycles. The van der Waals surface area contributed by atoms with Crippen molar-refractivity contribution in [2.24, 2.45) is 0 Å². The Morgan fingerprint density at radius 3 is 2.64 bits per heavy atom. The van der Waals surface area contributed by atoms with Gasteiger partial charge in [0.1, 0.15) is 19.0 Å². The highest BCUT2D eigenvalue weighted by Gasteiger charge is 2.12. The van der Waals surface area contributed by atoms with E-state index in [1.54, 1.807) is 18.2 Å². The van der Waals surface area contributed by atoms with Crippen LogP contribution in [-0.2, 0) is 0 Å². The third-order valence-electron chi connectivity index (χ3n) is 2.98. The van der Waals surface area contributed by atoms with Gasteiger partial charge >= 0.3 is 0 Å². The van der Waals surface area contributed by atoms with Crippen LogP contribution in [0.4, 0.5) is 15.8 Å². The maximum Gasteiger partial charge on any atom is 0.175 e. The van der Waals surface area contributed by atoms with Crippen LogP contribution in [0.3, 0.4) is 0 Å². The van der Waals surface area contributed by atoms with Crippen LogP contribution in [0.5, 0.6) is 11.5 Å². The highest BCUT2D eigenvalue weighted by Crippen LogP contribution is 2.32. The number of hydrogen-bond donors (Lipinski definition) is 2. The summed E-state index contributed by atoms with van der Waals surface area (Å²) < 4.78 is 24.6. The van der Waals surface area contributed by atoms with E-state index in [0.717, 1.165) is 0 Å². The predicted molar refractivity (Wildman–Crippen MR) is 88.7 cm³/mol. The van der Waals surface area contributed by atoms with Crippen LogP contribution in [0.15, 0.2) is 36.4 Å². The largest absolute Gasteiger partial charge is 0.486 e. The van der Waals surface area contributed by atoms with Crippen molar-refractivity contribution in [3.05, 3.63) is 47.2 Å². The van der Waals surface area contributed by atoms with Crippen LogP contribution < -0.4 is 20.1 Å². The zero-order valence-electron chi connectivity index (χ0n) is 11.4. The lowest BCUT2D eigenvalue weighted by Gasteiger charge is -2.19. The van der Waals surface area contributed by atoms with E-state index < -0.39 is 5.82 Å². The van der Waals surface area contributed by atoms with Gasteiger partial charge in [-0.05, 0) is 42.5 Å². The van der Waals surface area contributed by atoms with Crippen LogP contribution in [0.25, 0.3) is 0 Å². The smallest absolute Gasteiger partial charge is 0.175 e. The zero-order valence-corrected chi connectivity index (χ0v) is 12.9. The summed E-state index contributed by atoms with van der Waals surface area (Å²) in [6, 6.07) is 9.58. The standard InChI is InChI=1S/C15H12ClFN2O2S/c16-9-1-3-11(17)12(7-9)19-15(22)18-10-2-4-13-14(8-10)21-6-5-20-13/h1-4,7-8H,5-6H2,(H2,18,19,22). The van der Waals surface area contributed by atoms with E-state index >= 15 is 0 Å². The molecule has 0 atom stereocenters. The monoisotopic (exact) mass is 338 g/mol. The molecule has 4 nitrogen and oxygen atoms in total. The highest BCUT2D eigenvalue weighted by molar-refractivity contribution is 7.80. The van der Waals surface area contributed by atoms with Crippen molar-refractivity contribution in [1.29, 1.82) is 0 Å². The fourth-order valence-electron chi connectivity index (χ4n) is 2.00. The van der Waals surface area contributed by atoms with E-state index in [9.17, 15) is 4.39 Å². The van der Waals surface area contributed by atoms with Crippen molar-refractivity contribution in [2.75, 3.05) is 23.8 Å². The van der Waals surface area contributed by atoms with Gasteiger partial charge < -0.3 is 20.1 Å². The molecule has 7 heteroatoms. The van der Waals surface area contributed by atoms with Gasteiger partial charge in [0.05, 0.1) is 5.69 Å². The molecule has 2 aromatic rings. The number of ether oxygens (including phenoxy) is 2. The lowest BCUT2D eigenvalue weighted by Crippen LogP contribution is -2.20. The number of rotatable bonds is 2. The van der Waals surface area contributed by atoms with Gasteiger partial charge in [-0.15, -0.1) is 0 Å². The van der Waals surface area contributed by atoms with Gasteiger partial charge in [0.15, 0.2) is 16.6 Å². The molecule has 0 aromatic heterocycles. The summed E-state index contributed by atoms with van der Waals surface area (Å²) >= 11 is 11.0. The molecule has 0 spiro atoms. The SMILES string of the molecule is Fc1ccc(Cl)cc1NC(=S)Nc1ccc2c(c1)OCCO2. The van der Waals surface area contributed by atoms with Gasteiger partial charge in [0.2, 0.25) is 0 Å². The van der Waals surface area contributed by atoms with Gasteiger partial charge in [-0.1, -0.05) is 11.6 Å². The second-order valence-electron chi connectivity index (χ2n) is 4.56. The Kier molecular flexibility index (Phi) is 4.31. The molecule has 1 aliphatic heterocycles. The summed E-state index contributed by atoms with van der Waals surface area (Å²) in [5.74, 6) is 0.903.